The van der Waals surface area contributed by atoms with Crippen molar-refractivity contribution in [2.24, 2.45) is 5.92 Å². The normalized spacial score (nSPS) is 12.2. The maximum atomic E-state index is 11.3. The number of carbonyl (C=O) groups excluding carboxylic acids is 1. The van der Waals surface area contributed by atoms with Gasteiger partial charge in [-0.05, 0) is 19.3 Å². The minimum atomic E-state index is -0.254. The van der Waals surface area contributed by atoms with Gasteiger partial charge in [0.1, 0.15) is 0 Å². The summed E-state index contributed by atoms with van der Waals surface area (Å²) in [4.78, 5) is 11.3. The van der Waals surface area contributed by atoms with Gasteiger partial charge in [-0.3, -0.25) is 0 Å². The van der Waals surface area contributed by atoms with E-state index in [1.807, 2.05) is 0 Å². The van der Waals surface area contributed by atoms with Gasteiger partial charge in [-0.1, -0.05) is 78.2 Å². The fraction of sp³-hybridized carbons (Fsp3) is 0.833. The van der Waals surface area contributed by atoms with Crippen LogP contribution in [0.5, 0.6) is 0 Å². The molecule has 0 aromatic carbocycles. The third-order valence-electron chi connectivity index (χ3n) is 3.90. The van der Waals surface area contributed by atoms with Crippen molar-refractivity contribution in [2.45, 2.75) is 85.0 Å². The van der Waals surface area contributed by atoms with Crippen molar-refractivity contribution >= 4 is 5.97 Å². The Morgan fingerprint density at radius 2 is 1.60 bits per heavy atom. The fourth-order valence-corrected chi connectivity index (χ4v) is 2.38. The largest absolute Gasteiger partial charge is 0.462 e. The number of hydrogen-bond donors (Lipinski definition) is 0. The van der Waals surface area contributed by atoms with Crippen LogP contribution in [-0.4, -0.2) is 12.6 Å². The van der Waals surface area contributed by atoms with E-state index in [1.54, 1.807) is 6.92 Å². The van der Waals surface area contributed by atoms with Crippen LogP contribution in [0.1, 0.15) is 85.0 Å². The van der Waals surface area contributed by atoms with Crippen LogP contribution in [0.3, 0.4) is 0 Å². The highest BCUT2D eigenvalue weighted by atomic mass is 16.5. The molecule has 0 heterocycles. The summed E-state index contributed by atoms with van der Waals surface area (Å²) in [5, 5.41) is 0. The minimum absolute atomic E-state index is 0.254. The van der Waals surface area contributed by atoms with Crippen LogP contribution in [0.25, 0.3) is 0 Å². The van der Waals surface area contributed by atoms with Crippen LogP contribution < -0.4 is 0 Å². The van der Waals surface area contributed by atoms with E-state index in [1.165, 1.54) is 57.8 Å². The van der Waals surface area contributed by atoms with Gasteiger partial charge in [0.05, 0.1) is 6.61 Å². The van der Waals surface area contributed by atoms with Gasteiger partial charge < -0.3 is 4.74 Å². The van der Waals surface area contributed by atoms with E-state index >= 15 is 0 Å². The smallest absolute Gasteiger partial charge is 0.333 e. The SMILES string of the molecule is C=C(C)C(=O)OCCC(CC)CCCCCCCCC. The molecule has 0 radical (unpaired) electrons. The van der Waals surface area contributed by atoms with Crippen LogP contribution in [0.15, 0.2) is 12.2 Å². The summed E-state index contributed by atoms with van der Waals surface area (Å²) in [6, 6.07) is 0. The van der Waals surface area contributed by atoms with Gasteiger partial charge in [0.2, 0.25) is 0 Å². The van der Waals surface area contributed by atoms with Gasteiger partial charge in [0, 0.05) is 5.57 Å². The van der Waals surface area contributed by atoms with E-state index in [4.69, 9.17) is 4.74 Å². The summed E-state index contributed by atoms with van der Waals surface area (Å²) in [7, 11) is 0. The molecule has 0 aromatic heterocycles. The molecule has 0 bridgehead atoms. The molecular weight excluding hydrogens is 248 g/mol. The number of rotatable bonds is 13. The Kier molecular flexibility index (Phi) is 12.7. The third-order valence-corrected chi connectivity index (χ3v) is 3.90. The molecule has 0 N–H and O–H groups in total. The van der Waals surface area contributed by atoms with Gasteiger partial charge >= 0.3 is 5.97 Å². The Balaban J connectivity index is 3.52. The second kappa shape index (κ2) is 13.2. The topological polar surface area (TPSA) is 26.3 Å². The number of hydrogen-bond acceptors (Lipinski definition) is 2. The maximum Gasteiger partial charge on any atom is 0.333 e. The van der Waals surface area contributed by atoms with Crippen LogP contribution in [-0.2, 0) is 9.53 Å². The molecule has 0 saturated carbocycles. The first-order valence-corrected chi connectivity index (χ1v) is 8.44. The summed E-state index contributed by atoms with van der Waals surface area (Å²) < 4.78 is 5.17. The van der Waals surface area contributed by atoms with Gasteiger partial charge in [0.25, 0.3) is 0 Å². The molecular formula is C18H34O2. The van der Waals surface area contributed by atoms with E-state index in [0.717, 1.165) is 6.42 Å². The van der Waals surface area contributed by atoms with Gasteiger partial charge in [-0.2, -0.15) is 0 Å². The van der Waals surface area contributed by atoms with Crippen molar-refractivity contribution in [1.29, 1.82) is 0 Å². The predicted molar refractivity (Wildman–Crippen MR) is 86.8 cm³/mol. The van der Waals surface area contributed by atoms with Crippen molar-refractivity contribution in [1.82, 2.24) is 0 Å². The van der Waals surface area contributed by atoms with Crippen LogP contribution in [0.4, 0.5) is 0 Å². The summed E-state index contributed by atoms with van der Waals surface area (Å²) in [5.41, 5.74) is 0.491. The van der Waals surface area contributed by atoms with Gasteiger partial charge in [0.15, 0.2) is 0 Å². The highest BCUT2D eigenvalue weighted by molar-refractivity contribution is 5.86. The maximum absolute atomic E-state index is 11.3. The first-order valence-electron chi connectivity index (χ1n) is 8.44. The molecule has 0 amide bonds. The number of ether oxygens (including phenoxy) is 1. The molecule has 1 unspecified atom stereocenters. The average Bonchev–Trinajstić information content (AvgIpc) is 2.44. The summed E-state index contributed by atoms with van der Waals surface area (Å²) in [6.45, 7) is 10.3. The minimum Gasteiger partial charge on any atom is -0.462 e. The molecule has 0 spiro atoms. The first kappa shape index (κ1) is 19.2. The molecule has 0 saturated heterocycles. The van der Waals surface area contributed by atoms with E-state index in [0.29, 0.717) is 18.1 Å². The zero-order valence-corrected chi connectivity index (χ0v) is 13.9. The fourth-order valence-electron chi connectivity index (χ4n) is 2.38. The first-order chi connectivity index (χ1) is 9.61. The Morgan fingerprint density at radius 3 is 2.15 bits per heavy atom. The van der Waals surface area contributed by atoms with E-state index in [9.17, 15) is 4.79 Å². The Labute approximate surface area is 126 Å². The van der Waals surface area contributed by atoms with Crippen molar-refractivity contribution in [2.75, 3.05) is 6.61 Å². The summed E-state index contributed by atoms with van der Waals surface area (Å²) >= 11 is 0. The van der Waals surface area contributed by atoms with Crippen molar-refractivity contribution in [3.8, 4) is 0 Å². The Hall–Kier alpha value is -0.790. The lowest BCUT2D eigenvalue weighted by Crippen LogP contribution is -2.10. The summed E-state index contributed by atoms with van der Waals surface area (Å²) in [5.74, 6) is 0.444. The quantitative estimate of drug-likeness (QED) is 0.247. The van der Waals surface area contributed by atoms with Crippen LogP contribution in [0, 0.1) is 5.92 Å². The molecule has 0 fully saturated rings. The van der Waals surface area contributed by atoms with Crippen LogP contribution >= 0.6 is 0 Å². The zero-order valence-electron chi connectivity index (χ0n) is 13.9. The van der Waals surface area contributed by atoms with E-state index < -0.39 is 0 Å². The third kappa shape index (κ3) is 11.1. The molecule has 0 aromatic rings. The monoisotopic (exact) mass is 282 g/mol. The van der Waals surface area contributed by atoms with E-state index in [-0.39, 0.29) is 5.97 Å². The Bertz CT molecular complexity index is 258. The lowest BCUT2D eigenvalue weighted by molar-refractivity contribution is -0.139. The number of carbonyl (C=O) groups is 1. The Morgan fingerprint density at radius 1 is 1.00 bits per heavy atom. The molecule has 0 aliphatic carbocycles. The average molecular weight is 282 g/mol. The standard InChI is InChI=1S/C18H34O2/c1-5-7-8-9-10-11-12-13-17(6-2)14-15-20-18(19)16(3)4/h17H,3,5-15H2,1-2,4H3. The molecule has 0 aliphatic heterocycles. The molecule has 1 atom stereocenters. The van der Waals surface area contributed by atoms with Gasteiger partial charge in [-0.25, -0.2) is 4.79 Å². The second-order valence-corrected chi connectivity index (χ2v) is 5.89. The highest BCUT2D eigenvalue weighted by Gasteiger charge is 2.08. The predicted octanol–water partition coefficient (Wildman–Crippen LogP) is 5.66. The lowest BCUT2D eigenvalue weighted by atomic mass is 9.95. The second-order valence-electron chi connectivity index (χ2n) is 5.89. The number of esters is 1. The highest BCUT2D eigenvalue weighted by Crippen LogP contribution is 2.18. The van der Waals surface area contributed by atoms with Crippen LogP contribution in [0.2, 0.25) is 0 Å². The van der Waals surface area contributed by atoms with Crippen molar-refractivity contribution in [3.63, 3.8) is 0 Å². The summed E-state index contributed by atoms with van der Waals surface area (Å²) in [6.07, 6.45) is 13.0. The molecule has 0 rings (SSSR count). The number of unbranched alkanes of at least 4 members (excludes halogenated alkanes) is 6. The molecule has 20 heavy (non-hydrogen) atoms. The molecule has 118 valence electrons. The molecule has 0 aliphatic rings. The van der Waals surface area contributed by atoms with Crippen molar-refractivity contribution < 1.29 is 9.53 Å². The molecule has 2 nitrogen and oxygen atoms in total. The van der Waals surface area contributed by atoms with Crippen molar-refractivity contribution in [3.05, 3.63) is 12.2 Å². The van der Waals surface area contributed by atoms with Gasteiger partial charge in [-0.15, -0.1) is 0 Å². The van der Waals surface area contributed by atoms with E-state index in [2.05, 4.69) is 20.4 Å². The lowest BCUT2D eigenvalue weighted by Gasteiger charge is -2.14. The molecule has 2 heteroatoms. The zero-order chi connectivity index (χ0) is 15.2.